The maximum absolute atomic E-state index is 12.8. The van der Waals surface area contributed by atoms with Crippen LogP contribution in [0.2, 0.25) is 0 Å². The number of piperidine rings is 1. The quantitative estimate of drug-likeness (QED) is 0.593. The highest BCUT2D eigenvalue weighted by atomic mass is 32.2. The zero-order valence-electron chi connectivity index (χ0n) is 15.9. The summed E-state index contributed by atoms with van der Waals surface area (Å²) in [4.78, 5) is 12.5. The standard InChI is InChI=1S/C18H29N3O5S/c1-25-12-10-21(11-13-26-2)27(23,24)17-7-5-15(6-8-17)18(22)20-16-4-3-9-19-14-16/h5-8,16,19H,3-4,9-14H2,1-2H3,(H,20,22). The Hall–Kier alpha value is -1.52. The highest BCUT2D eigenvalue weighted by Gasteiger charge is 2.24. The Kier molecular flexibility index (Phi) is 8.65. The molecule has 1 fully saturated rings. The SMILES string of the molecule is COCCN(CCOC)S(=O)(=O)c1ccc(C(=O)NC2CCCNC2)cc1. The second-order valence-electron chi connectivity index (χ2n) is 6.43. The number of hydrogen-bond acceptors (Lipinski definition) is 6. The van der Waals surface area contributed by atoms with Crippen molar-refractivity contribution >= 4 is 15.9 Å². The number of nitrogens with one attached hydrogen (secondary N) is 2. The van der Waals surface area contributed by atoms with Crippen LogP contribution < -0.4 is 10.6 Å². The molecule has 0 saturated carbocycles. The number of benzene rings is 1. The topological polar surface area (TPSA) is 97.0 Å². The summed E-state index contributed by atoms with van der Waals surface area (Å²) >= 11 is 0. The van der Waals surface area contributed by atoms with Gasteiger partial charge in [-0.15, -0.1) is 0 Å². The first-order valence-corrected chi connectivity index (χ1v) is 10.5. The van der Waals surface area contributed by atoms with Gasteiger partial charge in [-0.25, -0.2) is 8.42 Å². The van der Waals surface area contributed by atoms with Gasteiger partial charge in [-0.2, -0.15) is 4.31 Å². The lowest BCUT2D eigenvalue weighted by Gasteiger charge is -2.24. The van der Waals surface area contributed by atoms with E-state index in [0.29, 0.717) is 18.8 Å². The van der Waals surface area contributed by atoms with E-state index in [1.165, 1.54) is 30.7 Å². The highest BCUT2D eigenvalue weighted by molar-refractivity contribution is 7.89. The molecule has 152 valence electrons. The average molecular weight is 400 g/mol. The van der Waals surface area contributed by atoms with Gasteiger partial charge in [0.05, 0.1) is 18.1 Å². The van der Waals surface area contributed by atoms with E-state index < -0.39 is 10.0 Å². The number of nitrogens with zero attached hydrogens (tertiary/aromatic N) is 1. The first-order valence-electron chi connectivity index (χ1n) is 9.08. The van der Waals surface area contributed by atoms with Crippen LogP contribution in [0.3, 0.4) is 0 Å². The maximum Gasteiger partial charge on any atom is 0.251 e. The van der Waals surface area contributed by atoms with Crippen molar-refractivity contribution < 1.29 is 22.7 Å². The Morgan fingerprint density at radius 1 is 1.19 bits per heavy atom. The molecule has 1 aliphatic rings. The van der Waals surface area contributed by atoms with Crippen molar-refractivity contribution in [3.8, 4) is 0 Å². The number of amides is 1. The lowest BCUT2D eigenvalue weighted by molar-refractivity contribution is 0.0930. The van der Waals surface area contributed by atoms with E-state index in [4.69, 9.17) is 9.47 Å². The molecule has 0 bridgehead atoms. The molecule has 0 aliphatic carbocycles. The lowest BCUT2D eigenvalue weighted by atomic mass is 10.1. The first kappa shape index (κ1) is 21.8. The second kappa shape index (κ2) is 10.7. The Labute approximate surface area is 161 Å². The number of rotatable bonds is 10. The van der Waals surface area contributed by atoms with Gasteiger partial charge < -0.3 is 20.1 Å². The van der Waals surface area contributed by atoms with Crippen molar-refractivity contribution in [2.24, 2.45) is 0 Å². The van der Waals surface area contributed by atoms with Crippen LogP contribution in [-0.4, -0.2) is 78.3 Å². The van der Waals surface area contributed by atoms with Crippen molar-refractivity contribution in [3.05, 3.63) is 29.8 Å². The second-order valence-corrected chi connectivity index (χ2v) is 8.37. The monoisotopic (exact) mass is 399 g/mol. The minimum Gasteiger partial charge on any atom is -0.383 e. The molecule has 9 heteroatoms. The summed E-state index contributed by atoms with van der Waals surface area (Å²) in [6, 6.07) is 6.13. The number of methoxy groups -OCH3 is 2. The van der Waals surface area contributed by atoms with Crippen molar-refractivity contribution in [2.45, 2.75) is 23.8 Å². The molecule has 1 heterocycles. The fourth-order valence-corrected chi connectivity index (χ4v) is 4.32. The number of hydrogen-bond donors (Lipinski definition) is 2. The third-order valence-electron chi connectivity index (χ3n) is 4.48. The zero-order chi connectivity index (χ0) is 19.7. The largest absolute Gasteiger partial charge is 0.383 e. The summed E-state index contributed by atoms with van der Waals surface area (Å²) in [6.45, 7) is 2.78. The maximum atomic E-state index is 12.8. The van der Waals surface area contributed by atoms with E-state index in [1.54, 1.807) is 12.1 Å². The summed E-state index contributed by atoms with van der Waals surface area (Å²) < 4.78 is 37.0. The van der Waals surface area contributed by atoms with Gasteiger partial charge >= 0.3 is 0 Å². The van der Waals surface area contributed by atoms with Crippen LogP contribution in [-0.2, 0) is 19.5 Å². The fourth-order valence-electron chi connectivity index (χ4n) is 2.91. The molecular weight excluding hydrogens is 370 g/mol. The van der Waals surface area contributed by atoms with Crippen molar-refractivity contribution in [2.75, 3.05) is 53.6 Å². The molecule has 0 aromatic heterocycles. The van der Waals surface area contributed by atoms with Gasteiger partial charge in [0.25, 0.3) is 5.91 Å². The van der Waals surface area contributed by atoms with E-state index in [1.807, 2.05) is 0 Å². The van der Waals surface area contributed by atoms with Gasteiger partial charge in [0, 0.05) is 45.5 Å². The summed E-state index contributed by atoms with van der Waals surface area (Å²) in [5.41, 5.74) is 0.444. The Balaban J connectivity index is 2.07. The molecule has 1 saturated heterocycles. The van der Waals surface area contributed by atoms with Crippen molar-refractivity contribution in [1.29, 1.82) is 0 Å². The average Bonchev–Trinajstić information content (AvgIpc) is 2.68. The summed E-state index contributed by atoms with van der Waals surface area (Å²) in [7, 11) is -0.635. The van der Waals surface area contributed by atoms with Gasteiger partial charge in [0.2, 0.25) is 10.0 Å². The lowest BCUT2D eigenvalue weighted by Crippen LogP contribution is -2.45. The van der Waals surface area contributed by atoms with Crippen LogP contribution in [0.1, 0.15) is 23.2 Å². The molecule has 1 atom stereocenters. The molecule has 8 nitrogen and oxygen atoms in total. The van der Waals surface area contributed by atoms with E-state index in [2.05, 4.69) is 10.6 Å². The molecule has 1 amide bonds. The Morgan fingerprint density at radius 3 is 2.33 bits per heavy atom. The van der Waals surface area contributed by atoms with Crippen LogP contribution >= 0.6 is 0 Å². The van der Waals surface area contributed by atoms with Crippen LogP contribution in [0.25, 0.3) is 0 Å². The van der Waals surface area contributed by atoms with E-state index >= 15 is 0 Å². The van der Waals surface area contributed by atoms with Crippen LogP contribution in [0.4, 0.5) is 0 Å². The number of sulfonamides is 1. The predicted molar refractivity (Wildman–Crippen MR) is 102 cm³/mol. The minimum absolute atomic E-state index is 0.105. The molecule has 1 aromatic carbocycles. The van der Waals surface area contributed by atoms with E-state index in [-0.39, 0.29) is 29.9 Å². The van der Waals surface area contributed by atoms with Crippen LogP contribution in [0, 0.1) is 0 Å². The Bertz CT molecular complexity index is 679. The molecule has 2 rings (SSSR count). The number of carbonyl (C=O) groups is 1. The molecule has 1 aliphatic heterocycles. The third-order valence-corrected chi connectivity index (χ3v) is 6.39. The molecule has 0 spiro atoms. The van der Waals surface area contributed by atoms with Crippen LogP contribution in [0.5, 0.6) is 0 Å². The smallest absolute Gasteiger partial charge is 0.251 e. The molecule has 2 N–H and O–H groups in total. The normalized spacial score (nSPS) is 17.8. The zero-order valence-corrected chi connectivity index (χ0v) is 16.8. The molecule has 1 unspecified atom stereocenters. The predicted octanol–water partition coefficient (Wildman–Crippen LogP) is 0.452. The number of ether oxygens (including phenoxy) is 2. The van der Waals surface area contributed by atoms with Gasteiger partial charge in [-0.1, -0.05) is 0 Å². The molecular formula is C18H29N3O5S. The number of carbonyl (C=O) groups excluding carboxylic acids is 1. The van der Waals surface area contributed by atoms with Gasteiger partial charge in [-0.3, -0.25) is 4.79 Å². The van der Waals surface area contributed by atoms with Crippen molar-refractivity contribution in [3.63, 3.8) is 0 Å². The van der Waals surface area contributed by atoms with Gasteiger partial charge in [0.1, 0.15) is 0 Å². The molecule has 27 heavy (non-hydrogen) atoms. The van der Waals surface area contributed by atoms with Gasteiger partial charge in [0.15, 0.2) is 0 Å². The minimum atomic E-state index is -3.68. The van der Waals surface area contributed by atoms with Crippen LogP contribution in [0.15, 0.2) is 29.2 Å². The molecule has 1 aromatic rings. The first-order chi connectivity index (χ1) is 13.0. The molecule has 0 radical (unpaired) electrons. The highest BCUT2D eigenvalue weighted by Crippen LogP contribution is 2.17. The summed E-state index contributed by atoms with van der Waals surface area (Å²) in [6.07, 6.45) is 1.97. The van der Waals surface area contributed by atoms with E-state index in [9.17, 15) is 13.2 Å². The van der Waals surface area contributed by atoms with E-state index in [0.717, 1.165) is 25.9 Å². The van der Waals surface area contributed by atoms with Crippen molar-refractivity contribution in [1.82, 2.24) is 14.9 Å². The summed E-state index contributed by atoms with van der Waals surface area (Å²) in [5.74, 6) is -0.191. The third kappa shape index (κ3) is 6.25. The Morgan fingerprint density at radius 2 is 1.81 bits per heavy atom. The fraction of sp³-hybridized carbons (Fsp3) is 0.611. The van der Waals surface area contributed by atoms with Gasteiger partial charge in [-0.05, 0) is 43.7 Å². The summed E-state index contributed by atoms with van der Waals surface area (Å²) in [5, 5.41) is 6.22.